The highest BCUT2D eigenvalue weighted by molar-refractivity contribution is 5.91. The van der Waals surface area contributed by atoms with Gasteiger partial charge in [0.2, 0.25) is 11.8 Å². The van der Waals surface area contributed by atoms with Gasteiger partial charge in [-0.25, -0.2) is 14.6 Å². The molecular formula is C22H26N6O4. The summed E-state index contributed by atoms with van der Waals surface area (Å²) >= 11 is 0. The fraction of sp³-hybridized carbons (Fsp3) is 0.364. The average Bonchev–Trinajstić information content (AvgIpc) is 3.44. The third-order valence-corrected chi connectivity index (χ3v) is 5.61. The quantitative estimate of drug-likeness (QED) is 0.559. The molecular weight excluding hydrogens is 412 g/mol. The highest BCUT2D eigenvalue weighted by Crippen LogP contribution is 2.35. The van der Waals surface area contributed by atoms with Gasteiger partial charge in [0.15, 0.2) is 5.65 Å². The van der Waals surface area contributed by atoms with Crippen LogP contribution in [0.15, 0.2) is 37.2 Å². The number of nitrogens with two attached hydrogens (primary N) is 1. The molecule has 10 nitrogen and oxygen atoms in total. The molecule has 1 fully saturated rings. The number of carbonyl (C=O) groups excluding carboxylic acids is 1. The monoisotopic (exact) mass is 438 g/mol. The predicted octanol–water partition coefficient (Wildman–Crippen LogP) is 2.53. The minimum absolute atomic E-state index is 0.0553. The Kier molecular flexibility index (Phi) is 5.85. The summed E-state index contributed by atoms with van der Waals surface area (Å²) in [6, 6.07) is 5.49. The number of amides is 1. The second-order valence-electron chi connectivity index (χ2n) is 7.54. The molecule has 2 atom stereocenters. The Hall–Kier alpha value is -3.82. The molecule has 10 heteroatoms. The van der Waals surface area contributed by atoms with Gasteiger partial charge < -0.3 is 24.8 Å². The van der Waals surface area contributed by atoms with Gasteiger partial charge in [0.05, 0.1) is 20.3 Å². The molecule has 3 aromatic rings. The van der Waals surface area contributed by atoms with Gasteiger partial charge in [0, 0.05) is 19.2 Å². The Labute approximate surface area is 185 Å². The normalized spacial score (nSPS) is 16.7. The first-order chi connectivity index (χ1) is 15.4. The lowest BCUT2D eigenvalue weighted by Crippen LogP contribution is -2.27. The van der Waals surface area contributed by atoms with Crippen LogP contribution >= 0.6 is 0 Å². The van der Waals surface area contributed by atoms with Gasteiger partial charge in [-0.05, 0) is 37.1 Å². The van der Waals surface area contributed by atoms with Crippen molar-refractivity contribution in [3.63, 3.8) is 0 Å². The van der Waals surface area contributed by atoms with Crippen LogP contribution in [0.3, 0.4) is 0 Å². The van der Waals surface area contributed by atoms with E-state index in [-0.39, 0.29) is 23.9 Å². The number of rotatable bonds is 7. The molecule has 1 aliphatic rings. The van der Waals surface area contributed by atoms with Crippen molar-refractivity contribution in [2.24, 2.45) is 0 Å². The SMILES string of the molecule is C=CC(=O)N1CC[C@H](n2nc(O[C@@H](C)c3cc(OC)cc(OC)c3)c3c(N)ncnc32)C1. The smallest absolute Gasteiger partial charge is 0.246 e. The first-order valence-electron chi connectivity index (χ1n) is 10.2. The number of nitrogen functional groups attached to an aromatic ring is 1. The van der Waals surface area contributed by atoms with Crippen molar-refractivity contribution in [2.45, 2.75) is 25.5 Å². The van der Waals surface area contributed by atoms with Gasteiger partial charge in [-0.1, -0.05) is 6.58 Å². The van der Waals surface area contributed by atoms with E-state index >= 15 is 0 Å². The molecule has 1 amide bonds. The summed E-state index contributed by atoms with van der Waals surface area (Å²) in [6.07, 6.45) is 3.08. The third kappa shape index (κ3) is 3.91. The molecule has 168 valence electrons. The zero-order valence-electron chi connectivity index (χ0n) is 18.3. The summed E-state index contributed by atoms with van der Waals surface area (Å²) in [7, 11) is 3.19. The van der Waals surface area contributed by atoms with Crippen LogP contribution in [0.5, 0.6) is 17.4 Å². The van der Waals surface area contributed by atoms with Gasteiger partial charge in [0.1, 0.15) is 35.1 Å². The van der Waals surface area contributed by atoms with Crippen LogP contribution in [0.25, 0.3) is 11.0 Å². The van der Waals surface area contributed by atoms with E-state index in [0.29, 0.717) is 41.5 Å². The largest absolute Gasteiger partial charge is 0.497 e. The van der Waals surface area contributed by atoms with E-state index in [0.717, 1.165) is 12.0 Å². The van der Waals surface area contributed by atoms with E-state index < -0.39 is 0 Å². The number of nitrogens with zero attached hydrogens (tertiary/aromatic N) is 5. The zero-order chi connectivity index (χ0) is 22.8. The molecule has 1 aliphatic heterocycles. The molecule has 0 bridgehead atoms. The fourth-order valence-corrected chi connectivity index (χ4v) is 3.87. The highest BCUT2D eigenvalue weighted by Gasteiger charge is 2.30. The number of hydrogen-bond acceptors (Lipinski definition) is 8. The maximum Gasteiger partial charge on any atom is 0.246 e. The molecule has 0 aliphatic carbocycles. The Bertz CT molecular complexity index is 1140. The van der Waals surface area contributed by atoms with E-state index in [1.165, 1.54) is 12.4 Å². The second-order valence-corrected chi connectivity index (χ2v) is 7.54. The van der Waals surface area contributed by atoms with Crippen LogP contribution in [0, 0.1) is 0 Å². The lowest BCUT2D eigenvalue weighted by molar-refractivity contribution is -0.125. The Morgan fingerprint density at radius 3 is 2.62 bits per heavy atom. The van der Waals surface area contributed by atoms with E-state index in [2.05, 4.69) is 21.6 Å². The maximum absolute atomic E-state index is 12.0. The molecule has 3 heterocycles. The van der Waals surface area contributed by atoms with Gasteiger partial charge in [-0.2, -0.15) is 0 Å². The Balaban J connectivity index is 1.68. The Morgan fingerprint density at radius 1 is 1.25 bits per heavy atom. The molecule has 4 rings (SSSR count). The van der Waals surface area contributed by atoms with Crippen LogP contribution in [0.4, 0.5) is 5.82 Å². The van der Waals surface area contributed by atoms with Crippen molar-refractivity contribution in [1.82, 2.24) is 24.6 Å². The number of ether oxygens (including phenoxy) is 3. The third-order valence-electron chi connectivity index (χ3n) is 5.61. The number of fused-ring (bicyclic) bond motifs is 1. The lowest BCUT2D eigenvalue weighted by atomic mass is 10.1. The summed E-state index contributed by atoms with van der Waals surface area (Å²) in [5.74, 6) is 1.83. The van der Waals surface area contributed by atoms with Gasteiger partial charge in [0.25, 0.3) is 0 Å². The number of likely N-dealkylation sites (tertiary alicyclic amines) is 1. The van der Waals surface area contributed by atoms with Crippen molar-refractivity contribution >= 4 is 22.8 Å². The highest BCUT2D eigenvalue weighted by atomic mass is 16.5. The summed E-state index contributed by atoms with van der Waals surface area (Å²) in [5.41, 5.74) is 7.59. The number of anilines is 1. The topological polar surface area (TPSA) is 118 Å². The molecule has 2 N–H and O–H groups in total. The number of benzene rings is 1. The zero-order valence-corrected chi connectivity index (χ0v) is 18.3. The van der Waals surface area contributed by atoms with Crippen molar-refractivity contribution in [2.75, 3.05) is 33.0 Å². The van der Waals surface area contributed by atoms with Gasteiger partial charge in [-0.3, -0.25) is 4.79 Å². The van der Waals surface area contributed by atoms with E-state index in [9.17, 15) is 4.79 Å². The van der Waals surface area contributed by atoms with Gasteiger partial charge in [-0.15, -0.1) is 5.10 Å². The molecule has 2 aromatic heterocycles. The van der Waals surface area contributed by atoms with Crippen LogP contribution in [0.2, 0.25) is 0 Å². The fourth-order valence-electron chi connectivity index (χ4n) is 3.87. The predicted molar refractivity (Wildman–Crippen MR) is 119 cm³/mol. The standard InChI is InChI=1S/C22H26N6O4/c1-5-18(29)27-7-6-15(11-27)28-21-19(20(23)24-12-25-21)22(26-28)32-13(2)14-8-16(30-3)10-17(9-14)31-4/h5,8-10,12-13,15H,1,6-7,11H2,2-4H3,(H2,23,24,25)/t13-,15-/m0/s1. The van der Waals surface area contributed by atoms with E-state index in [1.807, 2.05) is 19.1 Å². The Morgan fingerprint density at radius 2 is 1.97 bits per heavy atom. The van der Waals surface area contributed by atoms with Crippen molar-refractivity contribution < 1.29 is 19.0 Å². The molecule has 32 heavy (non-hydrogen) atoms. The number of hydrogen-bond donors (Lipinski definition) is 1. The molecule has 1 saturated heterocycles. The molecule has 0 saturated carbocycles. The van der Waals surface area contributed by atoms with Crippen LogP contribution < -0.4 is 19.9 Å². The average molecular weight is 438 g/mol. The van der Waals surface area contributed by atoms with Crippen LogP contribution in [-0.4, -0.2) is 57.9 Å². The summed E-state index contributed by atoms with van der Waals surface area (Å²) < 4.78 is 18.7. The first kappa shape index (κ1) is 21.4. The second kappa shape index (κ2) is 8.74. The van der Waals surface area contributed by atoms with Crippen molar-refractivity contribution in [1.29, 1.82) is 0 Å². The van der Waals surface area contributed by atoms with Gasteiger partial charge >= 0.3 is 0 Å². The first-order valence-corrected chi connectivity index (χ1v) is 10.2. The molecule has 0 unspecified atom stereocenters. The number of aromatic nitrogens is 4. The van der Waals surface area contributed by atoms with Crippen molar-refractivity contribution in [3.8, 4) is 17.4 Å². The number of methoxy groups -OCH3 is 2. The minimum Gasteiger partial charge on any atom is -0.497 e. The lowest BCUT2D eigenvalue weighted by Gasteiger charge is -2.16. The summed E-state index contributed by atoms with van der Waals surface area (Å²) in [5, 5.41) is 5.23. The van der Waals surface area contributed by atoms with E-state index in [4.69, 9.17) is 19.9 Å². The van der Waals surface area contributed by atoms with E-state index in [1.54, 1.807) is 29.9 Å². The number of carbonyl (C=O) groups is 1. The summed E-state index contributed by atoms with van der Waals surface area (Å²) in [6.45, 7) is 6.59. The van der Waals surface area contributed by atoms with Crippen LogP contribution in [0.1, 0.15) is 31.1 Å². The molecule has 0 radical (unpaired) electrons. The molecule has 1 aromatic carbocycles. The molecule has 0 spiro atoms. The van der Waals surface area contributed by atoms with Crippen LogP contribution in [-0.2, 0) is 4.79 Å². The summed E-state index contributed by atoms with van der Waals surface area (Å²) in [4.78, 5) is 22.3. The maximum atomic E-state index is 12.0. The minimum atomic E-state index is -0.382. The van der Waals surface area contributed by atoms with Crippen molar-refractivity contribution in [3.05, 3.63) is 42.7 Å².